The molecule has 7 rings (SSSR count). The van der Waals surface area contributed by atoms with E-state index in [1.807, 2.05) is 12.1 Å². The van der Waals surface area contributed by atoms with Crippen molar-refractivity contribution in [1.82, 2.24) is 10.1 Å². The first-order valence-corrected chi connectivity index (χ1v) is 15.2. The summed E-state index contributed by atoms with van der Waals surface area (Å²) < 4.78 is 37.0. The number of aromatic nitrogens is 2. The minimum absolute atomic E-state index is 0.115. The summed E-state index contributed by atoms with van der Waals surface area (Å²) in [5.41, 5.74) is 6.22. The van der Waals surface area contributed by atoms with Crippen molar-refractivity contribution >= 4 is 22.6 Å². The van der Waals surface area contributed by atoms with Gasteiger partial charge in [-0.15, -0.1) is 0 Å². The van der Waals surface area contributed by atoms with E-state index in [2.05, 4.69) is 46.2 Å². The van der Waals surface area contributed by atoms with Crippen LogP contribution >= 0.6 is 0 Å². The van der Waals surface area contributed by atoms with Crippen LogP contribution in [-0.4, -0.2) is 47.3 Å². The lowest BCUT2D eigenvalue weighted by atomic mass is 9.56. The van der Waals surface area contributed by atoms with Crippen LogP contribution in [0.2, 0.25) is 0 Å². The van der Waals surface area contributed by atoms with Crippen LogP contribution in [0.15, 0.2) is 53.1 Å². The molecule has 3 heterocycles. The molecule has 2 aromatic heterocycles. The number of piperidine rings is 1. The highest BCUT2D eigenvalue weighted by molar-refractivity contribution is 5.94. The molecule has 0 amide bonds. The third-order valence-corrected chi connectivity index (χ3v) is 9.63. The fourth-order valence-electron chi connectivity index (χ4n) is 7.24. The molecular weight excluding hydrogens is 552 g/mol. The van der Waals surface area contributed by atoms with Crippen LogP contribution < -0.4 is 9.64 Å². The van der Waals surface area contributed by atoms with Crippen LogP contribution in [0.1, 0.15) is 71.8 Å². The Kier molecular flexibility index (Phi) is 7.06. The molecule has 1 aliphatic heterocycles. The lowest BCUT2D eigenvalue weighted by molar-refractivity contribution is 0.0282. The number of rotatable bonds is 9. The molecule has 4 aromatic rings. The smallest absolute Gasteiger partial charge is 0.354 e. The van der Waals surface area contributed by atoms with E-state index < -0.39 is 19.0 Å². The van der Waals surface area contributed by atoms with E-state index in [9.17, 15) is 18.7 Å². The van der Waals surface area contributed by atoms with Crippen molar-refractivity contribution in [3.63, 3.8) is 0 Å². The number of pyridine rings is 1. The quantitative estimate of drug-likeness (QED) is 0.215. The van der Waals surface area contributed by atoms with Gasteiger partial charge in [-0.1, -0.05) is 29.4 Å². The topological polar surface area (TPSA) is 88.7 Å². The molecule has 224 valence electrons. The zero-order valence-corrected chi connectivity index (χ0v) is 24.2. The van der Waals surface area contributed by atoms with Gasteiger partial charge in [-0.25, -0.2) is 18.6 Å². The van der Waals surface area contributed by atoms with Crippen molar-refractivity contribution < 1.29 is 27.9 Å². The van der Waals surface area contributed by atoms with E-state index in [1.54, 1.807) is 6.07 Å². The van der Waals surface area contributed by atoms with E-state index >= 15 is 0 Å². The van der Waals surface area contributed by atoms with Crippen LogP contribution in [0.4, 0.5) is 14.5 Å². The van der Waals surface area contributed by atoms with E-state index in [1.165, 1.54) is 48.4 Å². The lowest BCUT2D eigenvalue weighted by Gasteiger charge is -2.53. The number of hydrogen-bond donors (Lipinski definition) is 1. The van der Waals surface area contributed by atoms with Crippen LogP contribution in [0.25, 0.3) is 22.2 Å². The van der Waals surface area contributed by atoms with Gasteiger partial charge in [-0.2, -0.15) is 0 Å². The molecule has 1 spiro atoms. The number of aryl methyl sites for hydroxylation is 1. The van der Waals surface area contributed by atoms with Gasteiger partial charge >= 0.3 is 5.97 Å². The van der Waals surface area contributed by atoms with E-state index in [4.69, 9.17) is 9.26 Å². The second-order valence-corrected chi connectivity index (χ2v) is 12.6. The Bertz CT molecular complexity index is 1670. The van der Waals surface area contributed by atoms with Crippen LogP contribution in [-0.2, 0) is 6.42 Å². The van der Waals surface area contributed by atoms with Gasteiger partial charge in [-0.3, -0.25) is 0 Å². The maximum Gasteiger partial charge on any atom is 0.354 e. The number of nitrogens with zero attached hydrogens (tertiary/aromatic N) is 3. The number of benzene rings is 2. The van der Waals surface area contributed by atoms with Gasteiger partial charge in [-0.05, 0) is 87.0 Å². The summed E-state index contributed by atoms with van der Waals surface area (Å²) in [6.45, 7) is 3.13. The minimum atomic E-state index is -2.66. The molecule has 2 aromatic carbocycles. The number of carboxylic acids is 1. The molecule has 7 nitrogen and oxygen atoms in total. The Hall–Kier alpha value is -4.01. The van der Waals surface area contributed by atoms with Gasteiger partial charge in [0.15, 0.2) is 5.69 Å². The second-order valence-electron chi connectivity index (χ2n) is 12.6. The Morgan fingerprint density at radius 1 is 1.14 bits per heavy atom. The number of anilines is 1. The van der Waals surface area contributed by atoms with Crippen molar-refractivity contribution in [3.8, 4) is 17.0 Å². The molecule has 2 saturated carbocycles. The van der Waals surface area contributed by atoms with E-state index in [-0.39, 0.29) is 11.4 Å². The minimum Gasteiger partial charge on any atom is -0.487 e. The van der Waals surface area contributed by atoms with Crippen LogP contribution in [0.3, 0.4) is 0 Å². The Morgan fingerprint density at radius 2 is 1.91 bits per heavy atom. The zero-order valence-electron chi connectivity index (χ0n) is 24.2. The average molecular weight is 588 g/mol. The number of halogens is 2. The molecule has 1 N–H and O–H groups in total. The van der Waals surface area contributed by atoms with Crippen molar-refractivity contribution in [2.24, 2.45) is 11.3 Å². The third-order valence-electron chi connectivity index (χ3n) is 9.63. The largest absolute Gasteiger partial charge is 0.487 e. The summed E-state index contributed by atoms with van der Waals surface area (Å²) in [5, 5.41) is 14.5. The van der Waals surface area contributed by atoms with E-state index in [0.717, 1.165) is 49.5 Å². The zero-order chi connectivity index (χ0) is 29.7. The average Bonchev–Trinajstić information content (AvgIpc) is 3.75. The Balaban J connectivity index is 1.03. The van der Waals surface area contributed by atoms with Crippen molar-refractivity contribution in [2.75, 3.05) is 24.6 Å². The molecule has 2 aliphatic carbocycles. The molecule has 0 unspecified atom stereocenters. The number of hydrogen-bond acceptors (Lipinski definition) is 6. The molecule has 3 fully saturated rings. The molecule has 43 heavy (non-hydrogen) atoms. The van der Waals surface area contributed by atoms with Gasteiger partial charge < -0.3 is 19.3 Å². The van der Waals surface area contributed by atoms with Crippen molar-refractivity contribution in [1.29, 1.82) is 0 Å². The number of fused-ring (bicyclic) bond motifs is 1. The first kappa shape index (κ1) is 27.8. The molecule has 3 aliphatic rings. The number of alkyl halides is 2. The maximum absolute atomic E-state index is 12.9. The lowest BCUT2D eigenvalue weighted by Crippen LogP contribution is -2.47. The maximum atomic E-state index is 12.9. The van der Waals surface area contributed by atoms with Crippen molar-refractivity contribution in [3.05, 3.63) is 71.1 Å². The monoisotopic (exact) mass is 587 g/mol. The first-order chi connectivity index (χ1) is 20.8. The molecule has 9 heteroatoms. The molecule has 0 bridgehead atoms. The number of ether oxygens (including phenoxy) is 1. The van der Waals surface area contributed by atoms with Gasteiger partial charge in [0.1, 0.15) is 23.8 Å². The number of aromatic carboxylic acids is 1. The second kappa shape index (κ2) is 10.9. The summed E-state index contributed by atoms with van der Waals surface area (Å²) >= 11 is 0. The third kappa shape index (κ3) is 5.45. The van der Waals surface area contributed by atoms with Crippen LogP contribution in [0.5, 0.6) is 5.75 Å². The predicted octanol–water partition coefficient (Wildman–Crippen LogP) is 7.66. The Labute approximate surface area is 248 Å². The highest BCUT2D eigenvalue weighted by atomic mass is 19.3. The fraction of sp³-hybridized carbons (Fsp3) is 0.441. The van der Waals surface area contributed by atoms with Crippen molar-refractivity contribution in [2.45, 2.75) is 64.2 Å². The molecular formula is C34H35F2N3O4. The normalized spacial score (nSPS) is 18.4. The van der Waals surface area contributed by atoms with Gasteiger partial charge in [0.05, 0.1) is 5.52 Å². The summed E-state index contributed by atoms with van der Waals surface area (Å²) in [7, 11) is 0. The highest BCUT2D eigenvalue weighted by Gasteiger charge is 2.46. The van der Waals surface area contributed by atoms with Gasteiger partial charge in [0.2, 0.25) is 0 Å². The standard InChI is InChI=1S/C34H35F2N3O4/c1-20-4-2-3-5-24(20)31-26(32(43-38-31)22-6-7-22)14-21-17-34(18-21)10-12-39(13-11-34)23-8-9-27-25(15-23)29(42-19-30(35)36)16-28(37-27)33(40)41/h2-5,8-9,15-16,21-22,30H,6-7,10-14,17-19H2,1H3,(H,40,41). The SMILES string of the molecule is Cc1ccccc1-c1noc(C2CC2)c1CC1CC2(CCN(c3ccc4nc(C(=O)O)cc(OCC(F)F)c4c3)CC2)C1. The molecule has 1 saturated heterocycles. The highest BCUT2D eigenvalue weighted by Crippen LogP contribution is 2.55. The first-order valence-electron chi connectivity index (χ1n) is 15.2. The molecule has 0 atom stereocenters. The van der Waals surface area contributed by atoms with E-state index in [0.29, 0.717) is 28.2 Å². The predicted molar refractivity (Wildman–Crippen MR) is 159 cm³/mol. The molecule has 0 radical (unpaired) electrons. The Morgan fingerprint density at radius 3 is 2.60 bits per heavy atom. The van der Waals surface area contributed by atoms with Gasteiger partial charge in [0.25, 0.3) is 6.43 Å². The van der Waals surface area contributed by atoms with Crippen LogP contribution in [0, 0.1) is 18.3 Å². The van der Waals surface area contributed by atoms with Gasteiger partial charge in [0, 0.05) is 47.3 Å². The number of carboxylic acid groups (broad SMARTS) is 1. The fourth-order valence-corrected chi connectivity index (χ4v) is 7.24. The summed E-state index contributed by atoms with van der Waals surface area (Å²) in [6.07, 6.45) is 5.32. The summed E-state index contributed by atoms with van der Waals surface area (Å²) in [6, 6.07) is 15.2. The number of carbonyl (C=O) groups is 1. The summed E-state index contributed by atoms with van der Waals surface area (Å²) in [4.78, 5) is 18.0. The summed E-state index contributed by atoms with van der Waals surface area (Å²) in [5.74, 6) is 1.13.